The van der Waals surface area contributed by atoms with Crippen LogP contribution in [0.5, 0.6) is 23.0 Å². The maximum atomic E-state index is 10.2. The second-order valence-corrected chi connectivity index (χ2v) is 4.94. The van der Waals surface area contributed by atoms with Crippen molar-refractivity contribution < 1.29 is 30.3 Å². The summed E-state index contributed by atoms with van der Waals surface area (Å²) < 4.78 is 5.61. The van der Waals surface area contributed by atoms with Gasteiger partial charge in [-0.1, -0.05) is 6.07 Å². The van der Waals surface area contributed by atoms with Crippen LogP contribution in [-0.2, 0) is 0 Å². The van der Waals surface area contributed by atoms with E-state index in [4.69, 9.17) is 4.74 Å². The van der Waals surface area contributed by atoms with Crippen molar-refractivity contribution in [3.8, 4) is 23.0 Å². The summed E-state index contributed by atoms with van der Waals surface area (Å²) in [6.45, 7) is 0. The first kappa shape index (κ1) is 13.5. The van der Waals surface area contributed by atoms with Gasteiger partial charge in [-0.2, -0.15) is 0 Å². The van der Waals surface area contributed by atoms with E-state index in [2.05, 4.69) is 0 Å². The topological polar surface area (TPSA) is 110 Å². The lowest BCUT2D eigenvalue weighted by Gasteiger charge is -2.34. The lowest BCUT2D eigenvalue weighted by Crippen LogP contribution is -2.34. The number of fused-ring (bicyclic) bond motifs is 1. The quantitative estimate of drug-likeness (QED) is 0.507. The molecule has 0 aromatic heterocycles. The molecule has 6 nitrogen and oxygen atoms in total. The molecule has 2 aromatic rings. The van der Waals surface area contributed by atoms with E-state index in [0.717, 1.165) is 0 Å². The Balaban J connectivity index is 2.02. The molecule has 0 fully saturated rings. The number of hydrogen-bond acceptors (Lipinski definition) is 6. The zero-order valence-corrected chi connectivity index (χ0v) is 10.8. The molecule has 3 atom stereocenters. The highest BCUT2D eigenvalue weighted by Crippen LogP contribution is 2.43. The van der Waals surface area contributed by atoms with Gasteiger partial charge in [0.1, 0.15) is 23.7 Å². The standard InChI is InChI=1S/C15H14O6/c16-8-2-3-9-12(6-8)21-15(14(20)13(9)19)7-1-4-10(17)11(18)5-7/h1-6,13-20H/t13-,14-,15+/m1/s1. The van der Waals surface area contributed by atoms with Gasteiger partial charge in [0.2, 0.25) is 0 Å². The van der Waals surface area contributed by atoms with E-state index in [0.29, 0.717) is 11.1 Å². The van der Waals surface area contributed by atoms with Crippen molar-refractivity contribution in [1.29, 1.82) is 0 Å². The minimum atomic E-state index is -1.24. The van der Waals surface area contributed by atoms with Crippen molar-refractivity contribution in [1.82, 2.24) is 0 Å². The molecule has 0 aliphatic carbocycles. The number of aliphatic hydroxyl groups is 2. The summed E-state index contributed by atoms with van der Waals surface area (Å²) in [4.78, 5) is 0. The predicted octanol–water partition coefficient (Wildman–Crippen LogP) is 1.33. The summed E-state index contributed by atoms with van der Waals surface area (Å²) in [5.41, 5.74) is 0.769. The van der Waals surface area contributed by atoms with E-state index in [-0.39, 0.29) is 23.0 Å². The zero-order chi connectivity index (χ0) is 15.1. The minimum absolute atomic E-state index is 0.0235. The third-order valence-electron chi connectivity index (χ3n) is 3.53. The van der Waals surface area contributed by atoms with E-state index in [1.807, 2.05) is 0 Å². The van der Waals surface area contributed by atoms with Gasteiger partial charge in [-0.05, 0) is 29.8 Å². The van der Waals surface area contributed by atoms with Crippen molar-refractivity contribution in [2.24, 2.45) is 0 Å². The van der Waals surface area contributed by atoms with Gasteiger partial charge in [0.05, 0.1) is 0 Å². The highest BCUT2D eigenvalue weighted by molar-refractivity contribution is 5.46. The summed E-state index contributed by atoms with van der Waals surface area (Å²) in [5, 5.41) is 48.7. The van der Waals surface area contributed by atoms with Gasteiger partial charge in [0.25, 0.3) is 0 Å². The summed E-state index contributed by atoms with van der Waals surface area (Å²) >= 11 is 0. The zero-order valence-electron chi connectivity index (χ0n) is 10.8. The Morgan fingerprint density at radius 3 is 2.33 bits per heavy atom. The highest BCUT2D eigenvalue weighted by Gasteiger charge is 2.37. The molecule has 110 valence electrons. The van der Waals surface area contributed by atoms with Gasteiger partial charge >= 0.3 is 0 Å². The van der Waals surface area contributed by atoms with Crippen LogP contribution < -0.4 is 4.74 Å². The minimum Gasteiger partial charge on any atom is -0.508 e. The van der Waals surface area contributed by atoms with E-state index in [9.17, 15) is 25.5 Å². The highest BCUT2D eigenvalue weighted by atomic mass is 16.5. The Bertz CT molecular complexity index is 684. The van der Waals surface area contributed by atoms with Crippen molar-refractivity contribution >= 4 is 0 Å². The van der Waals surface area contributed by atoms with E-state index >= 15 is 0 Å². The molecule has 0 spiro atoms. The first-order valence-electron chi connectivity index (χ1n) is 6.35. The molecule has 1 aliphatic rings. The molecule has 0 unspecified atom stereocenters. The predicted molar refractivity (Wildman–Crippen MR) is 72.2 cm³/mol. The molecule has 1 heterocycles. The second-order valence-electron chi connectivity index (χ2n) is 4.94. The number of aromatic hydroxyl groups is 3. The molecule has 0 bridgehead atoms. The molecule has 5 N–H and O–H groups in total. The molecule has 0 amide bonds. The SMILES string of the molecule is Oc1ccc2c(c1)O[C@@H](c1ccc(O)c(O)c1)[C@H](O)[C@@H]2O. The maximum Gasteiger partial charge on any atom is 0.157 e. The molecule has 2 aromatic carbocycles. The summed E-state index contributed by atoms with van der Waals surface area (Å²) in [6, 6.07) is 8.21. The van der Waals surface area contributed by atoms with Gasteiger partial charge in [0.15, 0.2) is 17.6 Å². The molecular weight excluding hydrogens is 276 g/mol. The summed E-state index contributed by atoms with van der Waals surface area (Å²) in [7, 11) is 0. The van der Waals surface area contributed by atoms with E-state index < -0.39 is 18.3 Å². The number of ether oxygens (including phenoxy) is 1. The van der Waals surface area contributed by atoms with Gasteiger partial charge in [-0.15, -0.1) is 0 Å². The van der Waals surface area contributed by atoms with Gasteiger partial charge in [-0.25, -0.2) is 0 Å². The van der Waals surface area contributed by atoms with Crippen molar-refractivity contribution in [3.63, 3.8) is 0 Å². The van der Waals surface area contributed by atoms with Crippen LogP contribution in [0.4, 0.5) is 0 Å². The Kier molecular flexibility index (Phi) is 3.12. The number of hydrogen-bond donors (Lipinski definition) is 5. The van der Waals surface area contributed by atoms with Crippen molar-refractivity contribution in [2.75, 3.05) is 0 Å². The van der Waals surface area contributed by atoms with Crippen LogP contribution in [0.25, 0.3) is 0 Å². The average Bonchev–Trinajstić information content (AvgIpc) is 2.45. The van der Waals surface area contributed by atoms with Gasteiger partial charge in [-0.3, -0.25) is 0 Å². The lowest BCUT2D eigenvalue weighted by molar-refractivity contribution is -0.0701. The van der Waals surface area contributed by atoms with Crippen LogP contribution in [0, 0.1) is 0 Å². The van der Waals surface area contributed by atoms with Crippen LogP contribution in [0.2, 0.25) is 0 Å². The monoisotopic (exact) mass is 290 g/mol. The van der Waals surface area contributed by atoms with E-state index in [1.165, 1.54) is 36.4 Å². The Morgan fingerprint density at radius 1 is 0.857 bits per heavy atom. The third kappa shape index (κ3) is 2.24. The van der Waals surface area contributed by atoms with Gasteiger partial charge in [0, 0.05) is 11.6 Å². The Morgan fingerprint density at radius 2 is 1.62 bits per heavy atom. The molecule has 6 heteroatoms. The maximum absolute atomic E-state index is 10.2. The molecular formula is C15H14O6. The number of rotatable bonds is 1. The first-order valence-corrected chi connectivity index (χ1v) is 6.35. The number of phenols is 3. The van der Waals surface area contributed by atoms with Crippen LogP contribution in [0.3, 0.4) is 0 Å². The van der Waals surface area contributed by atoms with Crippen LogP contribution in [0.15, 0.2) is 36.4 Å². The van der Waals surface area contributed by atoms with Crippen LogP contribution in [0.1, 0.15) is 23.3 Å². The number of phenolic OH excluding ortho intramolecular Hbond substituents is 3. The van der Waals surface area contributed by atoms with Crippen LogP contribution >= 0.6 is 0 Å². The molecule has 1 aliphatic heterocycles. The number of benzene rings is 2. The first-order chi connectivity index (χ1) is 9.97. The van der Waals surface area contributed by atoms with Crippen LogP contribution in [-0.4, -0.2) is 31.6 Å². The average molecular weight is 290 g/mol. The fourth-order valence-corrected chi connectivity index (χ4v) is 2.41. The Hall–Kier alpha value is -2.44. The molecule has 3 rings (SSSR count). The fourth-order valence-electron chi connectivity index (χ4n) is 2.41. The molecule has 0 saturated heterocycles. The smallest absolute Gasteiger partial charge is 0.157 e. The fraction of sp³-hybridized carbons (Fsp3) is 0.200. The molecule has 0 radical (unpaired) electrons. The number of aliphatic hydroxyl groups excluding tert-OH is 2. The van der Waals surface area contributed by atoms with Crippen molar-refractivity contribution in [3.05, 3.63) is 47.5 Å². The van der Waals surface area contributed by atoms with Gasteiger partial charge < -0.3 is 30.3 Å². The summed E-state index contributed by atoms with van der Waals surface area (Å²) in [5.74, 6) is -0.405. The van der Waals surface area contributed by atoms with E-state index in [1.54, 1.807) is 0 Å². The van der Waals surface area contributed by atoms with Crippen molar-refractivity contribution in [2.45, 2.75) is 18.3 Å². The normalized spacial score (nSPS) is 24.2. The Labute approximate surface area is 120 Å². The summed E-state index contributed by atoms with van der Waals surface area (Å²) in [6.07, 6.45) is -3.36. The molecule has 0 saturated carbocycles. The second kappa shape index (κ2) is 4.83. The largest absolute Gasteiger partial charge is 0.508 e. The lowest BCUT2D eigenvalue weighted by atomic mass is 9.92. The molecule has 21 heavy (non-hydrogen) atoms. The third-order valence-corrected chi connectivity index (χ3v) is 3.53.